The lowest BCUT2D eigenvalue weighted by molar-refractivity contribution is -0.120. The Kier molecular flexibility index (Phi) is 6.60. The molecule has 1 saturated heterocycles. The fourth-order valence-electron chi connectivity index (χ4n) is 4.49. The van der Waals surface area contributed by atoms with E-state index >= 15 is 0 Å². The predicted molar refractivity (Wildman–Crippen MR) is 130 cm³/mol. The molecule has 1 amide bonds. The van der Waals surface area contributed by atoms with Crippen LogP contribution < -0.4 is 5.32 Å². The van der Waals surface area contributed by atoms with E-state index in [0.717, 1.165) is 22.3 Å². The number of benzene rings is 2. The maximum absolute atomic E-state index is 13.5. The Morgan fingerprint density at radius 2 is 1.65 bits per heavy atom. The summed E-state index contributed by atoms with van der Waals surface area (Å²) in [4.78, 5) is 17.7. The quantitative estimate of drug-likeness (QED) is 0.581. The first-order valence-electron chi connectivity index (χ1n) is 11.4. The Bertz CT molecular complexity index is 1310. The molecule has 1 N–H and O–H groups in total. The minimum Gasteiger partial charge on any atom is -0.339 e. The predicted octanol–water partition coefficient (Wildman–Crippen LogP) is 4.32. The molecular formula is C25H30N4O4S. The van der Waals surface area contributed by atoms with E-state index in [9.17, 15) is 13.2 Å². The number of sulfonamides is 1. The number of anilines is 1. The molecule has 0 aliphatic carbocycles. The van der Waals surface area contributed by atoms with Gasteiger partial charge in [-0.3, -0.25) is 4.79 Å². The van der Waals surface area contributed by atoms with Crippen molar-refractivity contribution in [3.05, 3.63) is 58.5 Å². The van der Waals surface area contributed by atoms with Gasteiger partial charge >= 0.3 is 0 Å². The molecule has 180 valence electrons. The maximum Gasteiger partial charge on any atom is 0.243 e. The van der Waals surface area contributed by atoms with Crippen LogP contribution in [0.4, 0.5) is 5.69 Å². The van der Waals surface area contributed by atoms with E-state index in [1.807, 2.05) is 52.0 Å². The van der Waals surface area contributed by atoms with Crippen LogP contribution in [0.25, 0.3) is 11.4 Å². The van der Waals surface area contributed by atoms with Gasteiger partial charge in [-0.1, -0.05) is 23.4 Å². The van der Waals surface area contributed by atoms with Crippen LogP contribution in [0.1, 0.15) is 41.0 Å². The zero-order valence-corrected chi connectivity index (χ0v) is 21.0. The zero-order chi connectivity index (χ0) is 24.6. The molecule has 34 heavy (non-hydrogen) atoms. The van der Waals surface area contributed by atoms with Crippen molar-refractivity contribution in [3.8, 4) is 11.4 Å². The third-order valence-corrected chi connectivity index (χ3v) is 8.85. The van der Waals surface area contributed by atoms with E-state index < -0.39 is 10.0 Å². The molecule has 2 heterocycles. The van der Waals surface area contributed by atoms with Crippen LogP contribution in [-0.4, -0.2) is 41.9 Å². The van der Waals surface area contributed by atoms with Gasteiger partial charge in [-0.05, 0) is 74.9 Å². The number of hydrogen-bond donors (Lipinski definition) is 1. The third-order valence-electron chi connectivity index (χ3n) is 6.67. The van der Waals surface area contributed by atoms with Crippen molar-refractivity contribution >= 4 is 21.6 Å². The Balaban J connectivity index is 1.48. The van der Waals surface area contributed by atoms with Crippen molar-refractivity contribution in [3.63, 3.8) is 0 Å². The molecule has 0 unspecified atom stereocenters. The molecule has 0 spiro atoms. The van der Waals surface area contributed by atoms with Gasteiger partial charge < -0.3 is 9.84 Å². The summed E-state index contributed by atoms with van der Waals surface area (Å²) < 4.78 is 33.6. The number of nitrogens with zero attached hydrogens (tertiary/aromatic N) is 3. The summed E-state index contributed by atoms with van der Waals surface area (Å²) in [5, 5.41) is 6.93. The number of carbonyl (C=O) groups excluding carboxylic acids is 1. The first-order valence-corrected chi connectivity index (χ1v) is 12.8. The van der Waals surface area contributed by atoms with Crippen LogP contribution >= 0.6 is 0 Å². The molecule has 3 aromatic rings. The molecular weight excluding hydrogens is 452 g/mol. The number of nitrogens with one attached hydrogen (secondary N) is 1. The highest BCUT2D eigenvalue weighted by Gasteiger charge is 2.34. The van der Waals surface area contributed by atoms with Crippen LogP contribution in [0, 0.1) is 40.5 Å². The number of carbonyl (C=O) groups is 1. The van der Waals surface area contributed by atoms with E-state index in [1.54, 1.807) is 13.0 Å². The molecule has 0 saturated carbocycles. The van der Waals surface area contributed by atoms with Crippen LogP contribution in [-0.2, 0) is 14.8 Å². The van der Waals surface area contributed by atoms with Crippen molar-refractivity contribution in [1.82, 2.24) is 14.4 Å². The lowest BCUT2D eigenvalue weighted by Gasteiger charge is -2.32. The molecule has 1 aliphatic heterocycles. The standard InChI is InChI=1S/C25H30N4O4S/c1-15-14-16(2)18(4)23(17(15)3)34(31,32)29-12-10-20(11-13-29)25(30)27-22-9-7-6-8-21(22)24-26-19(5)33-28-24/h6-9,14,20H,10-13H2,1-5H3,(H,27,30). The van der Waals surface area contributed by atoms with Crippen LogP contribution in [0.15, 0.2) is 39.8 Å². The van der Waals surface area contributed by atoms with Gasteiger partial charge in [0.15, 0.2) is 0 Å². The van der Waals surface area contributed by atoms with Crippen LogP contribution in [0.3, 0.4) is 0 Å². The summed E-state index contributed by atoms with van der Waals surface area (Å²) in [5.74, 6) is 0.434. The molecule has 9 heteroatoms. The van der Waals surface area contributed by atoms with Gasteiger partial charge in [-0.15, -0.1) is 0 Å². The van der Waals surface area contributed by atoms with E-state index in [0.29, 0.717) is 53.8 Å². The average Bonchev–Trinajstić information content (AvgIpc) is 3.24. The second kappa shape index (κ2) is 9.31. The molecule has 0 bridgehead atoms. The number of hydrogen-bond acceptors (Lipinski definition) is 6. The van der Waals surface area contributed by atoms with Gasteiger partial charge in [-0.2, -0.15) is 9.29 Å². The topological polar surface area (TPSA) is 105 Å². The van der Waals surface area contributed by atoms with E-state index in [4.69, 9.17) is 4.52 Å². The molecule has 1 fully saturated rings. The minimum absolute atomic E-state index is 0.136. The summed E-state index contributed by atoms with van der Waals surface area (Å²) in [6.07, 6.45) is 0.912. The van der Waals surface area contributed by atoms with Gasteiger partial charge in [0.2, 0.25) is 27.6 Å². The largest absolute Gasteiger partial charge is 0.339 e. The van der Waals surface area contributed by atoms with Gasteiger partial charge in [0.25, 0.3) is 0 Å². The Labute approximate surface area is 200 Å². The molecule has 2 aromatic carbocycles. The molecule has 8 nitrogen and oxygen atoms in total. The monoisotopic (exact) mass is 482 g/mol. The van der Waals surface area contributed by atoms with E-state index in [1.165, 1.54) is 4.31 Å². The van der Waals surface area contributed by atoms with Gasteiger partial charge in [-0.25, -0.2) is 8.42 Å². The van der Waals surface area contributed by atoms with Crippen molar-refractivity contribution in [1.29, 1.82) is 0 Å². The molecule has 0 radical (unpaired) electrons. The normalized spacial score (nSPS) is 15.4. The lowest BCUT2D eigenvalue weighted by atomic mass is 9.97. The summed E-state index contributed by atoms with van der Waals surface area (Å²) in [5.41, 5.74) is 4.78. The zero-order valence-electron chi connectivity index (χ0n) is 20.2. The number of piperidine rings is 1. The first-order chi connectivity index (χ1) is 16.1. The summed E-state index contributed by atoms with van der Waals surface area (Å²) in [6, 6.07) is 9.31. The highest BCUT2D eigenvalue weighted by atomic mass is 32.2. The number of rotatable bonds is 5. The Hall–Kier alpha value is -3.04. The van der Waals surface area contributed by atoms with Gasteiger partial charge in [0.1, 0.15) is 0 Å². The van der Waals surface area contributed by atoms with Crippen LogP contribution in [0.2, 0.25) is 0 Å². The smallest absolute Gasteiger partial charge is 0.243 e. The average molecular weight is 483 g/mol. The molecule has 0 atom stereocenters. The van der Waals surface area contributed by atoms with Crippen molar-refractivity contribution in [2.24, 2.45) is 5.92 Å². The number of amides is 1. The Morgan fingerprint density at radius 3 is 2.24 bits per heavy atom. The Morgan fingerprint density at radius 1 is 1.03 bits per heavy atom. The highest BCUT2D eigenvalue weighted by Crippen LogP contribution is 2.32. The van der Waals surface area contributed by atoms with Crippen LogP contribution in [0.5, 0.6) is 0 Å². The van der Waals surface area contributed by atoms with E-state index in [-0.39, 0.29) is 11.8 Å². The molecule has 1 aromatic heterocycles. The number of aryl methyl sites for hydroxylation is 3. The van der Waals surface area contributed by atoms with E-state index in [2.05, 4.69) is 15.5 Å². The SMILES string of the molecule is Cc1nc(-c2ccccc2NC(=O)C2CCN(S(=O)(=O)c3c(C)c(C)cc(C)c3C)CC2)no1. The van der Waals surface area contributed by atoms with Crippen molar-refractivity contribution in [2.45, 2.75) is 52.4 Å². The fraction of sp³-hybridized carbons (Fsp3) is 0.400. The molecule has 4 rings (SSSR count). The minimum atomic E-state index is -3.64. The molecule has 1 aliphatic rings. The summed E-state index contributed by atoms with van der Waals surface area (Å²) >= 11 is 0. The number of para-hydroxylation sites is 1. The third kappa shape index (κ3) is 4.50. The van der Waals surface area contributed by atoms with Gasteiger partial charge in [0, 0.05) is 31.5 Å². The maximum atomic E-state index is 13.5. The summed E-state index contributed by atoms with van der Waals surface area (Å²) in [6.45, 7) is 9.90. The first kappa shape index (κ1) is 24.1. The fourth-order valence-corrected chi connectivity index (χ4v) is 6.53. The van der Waals surface area contributed by atoms with Crippen molar-refractivity contribution < 1.29 is 17.7 Å². The van der Waals surface area contributed by atoms with Crippen molar-refractivity contribution in [2.75, 3.05) is 18.4 Å². The van der Waals surface area contributed by atoms with Gasteiger partial charge in [0.05, 0.1) is 10.6 Å². The number of aromatic nitrogens is 2. The lowest BCUT2D eigenvalue weighted by Crippen LogP contribution is -2.42. The second-order valence-corrected chi connectivity index (χ2v) is 10.8. The second-order valence-electron chi connectivity index (χ2n) is 8.94. The highest BCUT2D eigenvalue weighted by molar-refractivity contribution is 7.89. The summed E-state index contributed by atoms with van der Waals surface area (Å²) in [7, 11) is -3.64.